The number of esters is 2. The number of carbonyl (C=O) groups is 2. The van der Waals surface area contributed by atoms with Gasteiger partial charge in [0.1, 0.15) is 17.1 Å². The summed E-state index contributed by atoms with van der Waals surface area (Å²) < 4.78 is 44.3. The van der Waals surface area contributed by atoms with E-state index in [1.165, 1.54) is 24.4 Å². The Hall–Kier alpha value is -3.16. The van der Waals surface area contributed by atoms with E-state index in [4.69, 9.17) is 9.47 Å². The van der Waals surface area contributed by atoms with E-state index in [9.17, 15) is 18.4 Å². The molecule has 0 spiro atoms. The Morgan fingerprint density at radius 2 is 1.68 bits per heavy atom. The van der Waals surface area contributed by atoms with Gasteiger partial charge in [0.2, 0.25) is 0 Å². The molecule has 0 unspecified atom stereocenters. The van der Waals surface area contributed by atoms with Crippen LogP contribution < -0.4 is 9.64 Å². The highest BCUT2D eigenvalue weighted by atomic mass is 19.1. The first kappa shape index (κ1) is 21.1. The maximum atomic E-state index is 14.8. The van der Waals surface area contributed by atoms with Crippen LogP contribution in [-0.4, -0.2) is 32.8 Å². The molecule has 8 heteroatoms. The number of ether oxygens (including phenoxy) is 3. The third-order valence-corrected chi connectivity index (χ3v) is 3.89. The van der Waals surface area contributed by atoms with E-state index in [0.29, 0.717) is 6.61 Å². The Morgan fingerprint density at radius 1 is 1.04 bits per heavy atom. The van der Waals surface area contributed by atoms with Crippen LogP contribution in [0.25, 0.3) is 0 Å². The van der Waals surface area contributed by atoms with Crippen LogP contribution in [0, 0.1) is 11.6 Å². The van der Waals surface area contributed by atoms with Crippen LogP contribution in [0.3, 0.4) is 0 Å². The molecule has 1 aliphatic rings. The molecule has 1 aliphatic heterocycles. The summed E-state index contributed by atoms with van der Waals surface area (Å²) in [6.45, 7) is 2.29. The number of unbranched alkanes of at least 4 members (excludes halogenated alkanes) is 1. The van der Waals surface area contributed by atoms with Crippen molar-refractivity contribution in [1.29, 1.82) is 0 Å². The number of halogens is 2. The summed E-state index contributed by atoms with van der Waals surface area (Å²) in [4.78, 5) is 25.3. The van der Waals surface area contributed by atoms with Crippen LogP contribution in [-0.2, 0) is 19.1 Å². The summed E-state index contributed by atoms with van der Waals surface area (Å²) >= 11 is 0. The van der Waals surface area contributed by atoms with Gasteiger partial charge in [0, 0.05) is 18.3 Å². The number of carbonyl (C=O) groups excluding carboxylic acids is 2. The molecule has 0 amide bonds. The predicted octanol–water partition coefficient (Wildman–Crippen LogP) is 3.63. The van der Waals surface area contributed by atoms with Crippen LogP contribution in [0.2, 0.25) is 0 Å². The Morgan fingerprint density at radius 3 is 2.25 bits per heavy atom. The molecule has 0 saturated heterocycles. The fourth-order valence-electron chi connectivity index (χ4n) is 2.53. The van der Waals surface area contributed by atoms with Gasteiger partial charge in [-0.2, -0.15) is 0 Å². The molecule has 0 saturated carbocycles. The minimum absolute atomic E-state index is 0.0286. The molecular formula is C20H21F2NO5. The highest BCUT2D eigenvalue weighted by Crippen LogP contribution is 2.33. The van der Waals surface area contributed by atoms with Gasteiger partial charge in [-0.25, -0.2) is 18.4 Å². The monoisotopic (exact) mass is 393 g/mol. The number of benzene rings is 1. The van der Waals surface area contributed by atoms with Gasteiger partial charge in [-0.1, -0.05) is 19.4 Å². The van der Waals surface area contributed by atoms with Crippen molar-refractivity contribution in [2.75, 3.05) is 25.7 Å². The molecule has 1 heterocycles. The summed E-state index contributed by atoms with van der Waals surface area (Å²) in [6.07, 6.45) is 7.02. The van der Waals surface area contributed by atoms with Gasteiger partial charge in [0.25, 0.3) is 0 Å². The molecule has 0 aliphatic carbocycles. The molecule has 0 atom stereocenters. The van der Waals surface area contributed by atoms with Crippen LogP contribution in [0.4, 0.5) is 14.5 Å². The second-order valence-corrected chi connectivity index (χ2v) is 5.75. The van der Waals surface area contributed by atoms with Gasteiger partial charge in [-0.15, -0.1) is 0 Å². The van der Waals surface area contributed by atoms with Gasteiger partial charge in [-0.05, 0) is 18.6 Å². The lowest BCUT2D eigenvalue weighted by Gasteiger charge is -2.24. The lowest BCUT2D eigenvalue weighted by molar-refractivity contribution is -0.139. The second-order valence-electron chi connectivity index (χ2n) is 5.75. The Bertz CT molecular complexity index is 822. The lowest BCUT2D eigenvalue weighted by atomic mass is 10.1. The van der Waals surface area contributed by atoms with Gasteiger partial charge in [0.05, 0.1) is 26.4 Å². The average Bonchev–Trinajstić information content (AvgIpc) is 2.89. The second kappa shape index (κ2) is 9.68. The van der Waals surface area contributed by atoms with Crippen molar-refractivity contribution in [3.8, 4) is 5.75 Å². The largest absolute Gasteiger partial charge is 0.493 e. The van der Waals surface area contributed by atoms with Crippen LogP contribution in [0.5, 0.6) is 5.75 Å². The molecule has 1 aromatic carbocycles. The fraction of sp³-hybridized carbons (Fsp3) is 0.300. The number of anilines is 1. The number of hydrogen-bond acceptors (Lipinski definition) is 6. The van der Waals surface area contributed by atoms with Crippen LogP contribution in [0.1, 0.15) is 19.8 Å². The third kappa shape index (κ3) is 4.57. The van der Waals surface area contributed by atoms with Crippen molar-refractivity contribution in [1.82, 2.24) is 0 Å². The van der Waals surface area contributed by atoms with Crippen molar-refractivity contribution in [2.24, 2.45) is 0 Å². The summed E-state index contributed by atoms with van der Waals surface area (Å²) in [7, 11) is 2.22. The number of hydrogen-bond donors (Lipinski definition) is 0. The van der Waals surface area contributed by atoms with Gasteiger partial charge < -0.3 is 19.1 Å². The van der Waals surface area contributed by atoms with E-state index in [2.05, 4.69) is 4.74 Å². The first-order valence-electron chi connectivity index (χ1n) is 8.61. The molecule has 0 N–H and O–H groups in total. The molecule has 0 fully saturated rings. The summed E-state index contributed by atoms with van der Waals surface area (Å²) in [6, 6.07) is 2.04. The minimum atomic E-state index is -0.969. The third-order valence-electron chi connectivity index (χ3n) is 3.89. The van der Waals surface area contributed by atoms with E-state index in [1.54, 1.807) is 0 Å². The summed E-state index contributed by atoms with van der Waals surface area (Å²) in [5.74, 6) is -3.72. The summed E-state index contributed by atoms with van der Waals surface area (Å²) in [5.41, 5.74) is -1.14. The average molecular weight is 393 g/mol. The quantitative estimate of drug-likeness (QED) is 0.521. The molecule has 6 nitrogen and oxygen atoms in total. The highest BCUT2D eigenvalue weighted by Gasteiger charge is 2.30. The molecule has 150 valence electrons. The van der Waals surface area contributed by atoms with E-state index >= 15 is 0 Å². The Balaban J connectivity index is 2.57. The van der Waals surface area contributed by atoms with E-state index in [-0.39, 0.29) is 17.0 Å². The molecular weight excluding hydrogens is 372 g/mol. The molecule has 0 bridgehead atoms. The van der Waals surface area contributed by atoms with Crippen molar-refractivity contribution < 1.29 is 32.6 Å². The zero-order valence-corrected chi connectivity index (χ0v) is 15.8. The number of methoxy groups -OCH3 is 2. The van der Waals surface area contributed by atoms with E-state index < -0.39 is 29.3 Å². The number of nitrogens with zero attached hydrogens (tertiary/aromatic N) is 1. The topological polar surface area (TPSA) is 65.1 Å². The van der Waals surface area contributed by atoms with E-state index in [1.807, 2.05) is 6.92 Å². The normalized spacial score (nSPS) is 13.4. The molecule has 2 rings (SSSR count). The molecule has 1 aromatic rings. The highest BCUT2D eigenvalue weighted by molar-refractivity contribution is 6.05. The Labute approximate surface area is 161 Å². The lowest BCUT2D eigenvalue weighted by Crippen LogP contribution is -2.28. The minimum Gasteiger partial charge on any atom is -0.493 e. The molecule has 0 aromatic heterocycles. The fourth-order valence-corrected chi connectivity index (χ4v) is 2.53. The standard InChI is InChI=1S/C20H21F2NO5/c1-4-5-10-28-13-11-15(21)18(16(22)12-13)23-9-7-6-8-14(19(24)26-2)17(23)20(25)27-3/h6-9,11-12H,4-5,10H2,1-3H3. The van der Waals surface area contributed by atoms with Crippen LogP contribution >= 0.6 is 0 Å². The number of allylic oxidation sites excluding steroid dienone is 2. The number of rotatable bonds is 7. The van der Waals surface area contributed by atoms with Crippen LogP contribution in [0.15, 0.2) is 47.8 Å². The van der Waals surface area contributed by atoms with Gasteiger partial charge in [0.15, 0.2) is 11.6 Å². The van der Waals surface area contributed by atoms with Gasteiger partial charge >= 0.3 is 11.9 Å². The molecule has 28 heavy (non-hydrogen) atoms. The first-order valence-corrected chi connectivity index (χ1v) is 8.61. The SMILES string of the molecule is CCCCOc1cc(F)c(N2C=CC=CC(C(=O)OC)=C2C(=O)OC)c(F)c1. The smallest absolute Gasteiger partial charge is 0.355 e. The van der Waals surface area contributed by atoms with Crippen molar-refractivity contribution in [2.45, 2.75) is 19.8 Å². The maximum Gasteiger partial charge on any atom is 0.355 e. The maximum absolute atomic E-state index is 14.8. The molecule has 0 radical (unpaired) electrons. The first-order chi connectivity index (χ1) is 13.4. The van der Waals surface area contributed by atoms with Gasteiger partial charge in [-0.3, -0.25) is 0 Å². The zero-order chi connectivity index (χ0) is 20.7. The summed E-state index contributed by atoms with van der Waals surface area (Å²) in [5, 5.41) is 0. The zero-order valence-electron chi connectivity index (χ0n) is 15.8. The van der Waals surface area contributed by atoms with Crippen molar-refractivity contribution in [3.05, 3.63) is 59.5 Å². The van der Waals surface area contributed by atoms with E-state index in [0.717, 1.165) is 44.1 Å². The van der Waals surface area contributed by atoms with Crippen molar-refractivity contribution in [3.63, 3.8) is 0 Å². The van der Waals surface area contributed by atoms with Crippen molar-refractivity contribution >= 4 is 17.6 Å². The predicted molar refractivity (Wildman–Crippen MR) is 98.6 cm³/mol. The Kier molecular flexibility index (Phi) is 7.31.